The van der Waals surface area contributed by atoms with Gasteiger partial charge in [0.05, 0.1) is 25.4 Å². The molecule has 30 heavy (non-hydrogen) atoms. The average molecular weight is 402 g/mol. The van der Waals surface area contributed by atoms with Gasteiger partial charge in [-0.15, -0.1) is 0 Å². The van der Waals surface area contributed by atoms with Gasteiger partial charge in [0.15, 0.2) is 0 Å². The first-order valence-corrected chi connectivity index (χ1v) is 10.5. The third-order valence-corrected chi connectivity index (χ3v) is 6.38. The van der Waals surface area contributed by atoms with Crippen LogP contribution in [0.1, 0.15) is 30.9 Å². The fourth-order valence-electron chi connectivity index (χ4n) is 4.48. The molecule has 6 nitrogen and oxygen atoms in total. The van der Waals surface area contributed by atoms with E-state index in [1.807, 2.05) is 35.5 Å². The van der Waals surface area contributed by atoms with Crippen LogP contribution in [0.15, 0.2) is 54.9 Å². The molecule has 1 spiro atoms. The first kappa shape index (κ1) is 18.7. The molecular weight excluding hydrogens is 376 g/mol. The van der Waals surface area contributed by atoms with E-state index in [-0.39, 0.29) is 11.6 Å². The maximum Gasteiger partial charge on any atom is 0.325 e. The van der Waals surface area contributed by atoms with Crippen LogP contribution in [0, 0.1) is 0 Å². The van der Waals surface area contributed by atoms with E-state index in [4.69, 9.17) is 4.74 Å². The second-order valence-corrected chi connectivity index (χ2v) is 8.21. The molecule has 2 heterocycles. The minimum absolute atomic E-state index is 0.0320. The van der Waals surface area contributed by atoms with E-state index in [0.29, 0.717) is 6.54 Å². The quantitative estimate of drug-likeness (QED) is 0.654. The standard InChI is InChI=1S/C24H26N4O2/c1-3-18-12-20(7-8-22(18)19-13-25-26-14-19)27-16-24(9-10-24)28(23(27)29)15-17-5-4-6-21(11-17)30-2/h4-8,11-14H,3,9-10,15-16H2,1-2H3,(H,25,26). The number of benzene rings is 2. The molecule has 1 aromatic heterocycles. The van der Waals surface area contributed by atoms with Crippen molar-refractivity contribution in [2.24, 2.45) is 0 Å². The Morgan fingerprint density at radius 3 is 2.77 bits per heavy atom. The summed E-state index contributed by atoms with van der Waals surface area (Å²) in [6, 6.07) is 14.4. The molecule has 2 amide bonds. The number of hydrogen-bond donors (Lipinski definition) is 1. The Labute approximate surface area is 176 Å². The number of ether oxygens (including phenoxy) is 1. The van der Waals surface area contributed by atoms with Crippen molar-refractivity contribution in [1.82, 2.24) is 15.1 Å². The SMILES string of the molecule is CCc1cc(N2CC3(CC3)N(Cc3cccc(OC)c3)C2=O)ccc1-c1cn[nH]c1. The van der Waals surface area contributed by atoms with Crippen molar-refractivity contribution in [3.63, 3.8) is 0 Å². The fraction of sp³-hybridized carbons (Fsp3) is 0.333. The lowest BCUT2D eigenvalue weighted by atomic mass is 9.99. The molecule has 0 atom stereocenters. The molecule has 154 valence electrons. The summed E-state index contributed by atoms with van der Waals surface area (Å²) in [6.45, 7) is 3.51. The van der Waals surface area contributed by atoms with Crippen LogP contribution in [0.5, 0.6) is 5.75 Å². The molecule has 1 aliphatic carbocycles. The van der Waals surface area contributed by atoms with Gasteiger partial charge in [-0.05, 0) is 60.2 Å². The lowest BCUT2D eigenvalue weighted by Crippen LogP contribution is -2.35. The lowest BCUT2D eigenvalue weighted by molar-refractivity contribution is 0.197. The van der Waals surface area contributed by atoms with Gasteiger partial charge >= 0.3 is 6.03 Å². The summed E-state index contributed by atoms with van der Waals surface area (Å²) in [5.74, 6) is 0.822. The zero-order valence-corrected chi connectivity index (χ0v) is 17.4. The number of nitrogens with one attached hydrogen (secondary N) is 1. The number of aromatic nitrogens is 2. The molecular formula is C24H26N4O2. The van der Waals surface area contributed by atoms with Crippen molar-refractivity contribution in [3.05, 3.63) is 66.0 Å². The lowest BCUT2D eigenvalue weighted by Gasteiger charge is -2.23. The Balaban J connectivity index is 1.43. The van der Waals surface area contributed by atoms with E-state index >= 15 is 0 Å². The number of rotatable bonds is 6. The topological polar surface area (TPSA) is 61.5 Å². The smallest absolute Gasteiger partial charge is 0.325 e. The minimum Gasteiger partial charge on any atom is -0.497 e. The second-order valence-electron chi connectivity index (χ2n) is 8.21. The summed E-state index contributed by atoms with van der Waals surface area (Å²) in [5, 5.41) is 6.95. The van der Waals surface area contributed by atoms with E-state index < -0.39 is 0 Å². The van der Waals surface area contributed by atoms with E-state index in [1.165, 1.54) is 5.56 Å². The predicted octanol–water partition coefficient (Wildman–Crippen LogP) is 4.62. The number of aromatic amines is 1. The molecule has 0 bridgehead atoms. The third-order valence-electron chi connectivity index (χ3n) is 6.38. The van der Waals surface area contributed by atoms with Gasteiger partial charge in [-0.2, -0.15) is 5.10 Å². The van der Waals surface area contributed by atoms with Gasteiger partial charge in [0.2, 0.25) is 0 Å². The molecule has 6 heteroatoms. The molecule has 1 N–H and O–H groups in total. The number of urea groups is 1. The molecule has 0 unspecified atom stereocenters. The minimum atomic E-state index is -0.0320. The Morgan fingerprint density at radius 1 is 1.20 bits per heavy atom. The highest BCUT2D eigenvalue weighted by Gasteiger charge is 2.57. The van der Waals surface area contributed by atoms with Crippen molar-refractivity contribution in [2.45, 2.75) is 38.3 Å². The van der Waals surface area contributed by atoms with E-state index in [9.17, 15) is 4.79 Å². The van der Waals surface area contributed by atoms with Gasteiger partial charge in [0, 0.05) is 24.0 Å². The van der Waals surface area contributed by atoms with Crippen molar-refractivity contribution >= 4 is 11.7 Å². The molecule has 1 aliphatic heterocycles. The summed E-state index contributed by atoms with van der Waals surface area (Å²) >= 11 is 0. The first-order valence-electron chi connectivity index (χ1n) is 10.5. The van der Waals surface area contributed by atoms with Gasteiger partial charge in [-0.25, -0.2) is 4.79 Å². The van der Waals surface area contributed by atoms with Crippen molar-refractivity contribution in [3.8, 4) is 16.9 Å². The maximum atomic E-state index is 13.4. The second kappa shape index (κ2) is 7.20. The van der Waals surface area contributed by atoms with Crippen molar-refractivity contribution in [2.75, 3.05) is 18.6 Å². The van der Waals surface area contributed by atoms with Crippen LogP contribution in [0.4, 0.5) is 10.5 Å². The molecule has 1 saturated heterocycles. The van der Waals surface area contributed by atoms with E-state index in [0.717, 1.165) is 53.9 Å². The third kappa shape index (κ3) is 3.12. The zero-order chi connectivity index (χ0) is 20.7. The van der Waals surface area contributed by atoms with Gasteiger partial charge in [-0.3, -0.25) is 10.00 Å². The molecule has 0 radical (unpaired) electrons. The number of H-pyrrole nitrogens is 1. The number of hydrogen-bond acceptors (Lipinski definition) is 3. The van der Waals surface area contributed by atoms with E-state index in [1.54, 1.807) is 7.11 Å². The van der Waals surface area contributed by atoms with Crippen LogP contribution in [0.3, 0.4) is 0 Å². The highest BCUT2D eigenvalue weighted by Crippen LogP contribution is 2.49. The Hall–Kier alpha value is -3.28. The highest BCUT2D eigenvalue weighted by molar-refractivity contribution is 5.96. The highest BCUT2D eigenvalue weighted by atomic mass is 16.5. The van der Waals surface area contributed by atoms with Gasteiger partial charge < -0.3 is 9.64 Å². The van der Waals surface area contributed by atoms with Crippen LogP contribution in [-0.2, 0) is 13.0 Å². The van der Waals surface area contributed by atoms with Gasteiger partial charge in [0.1, 0.15) is 5.75 Å². The Morgan fingerprint density at radius 2 is 2.07 bits per heavy atom. The maximum absolute atomic E-state index is 13.4. The van der Waals surface area contributed by atoms with Gasteiger partial charge in [0.25, 0.3) is 0 Å². The fourth-order valence-corrected chi connectivity index (χ4v) is 4.48. The number of carbonyl (C=O) groups is 1. The molecule has 2 aromatic carbocycles. The molecule has 1 saturated carbocycles. The Bertz CT molecular complexity index is 1070. The summed E-state index contributed by atoms with van der Waals surface area (Å²) in [5.41, 5.74) is 5.50. The summed E-state index contributed by atoms with van der Waals surface area (Å²) in [6.07, 6.45) is 6.77. The normalized spacial score (nSPS) is 17.1. The van der Waals surface area contributed by atoms with Crippen LogP contribution >= 0.6 is 0 Å². The summed E-state index contributed by atoms with van der Waals surface area (Å²) < 4.78 is 5.35. The largest absolute Gasteiger partial charge is 0.497 e. The predicted molar refractivity (Wildman–Crippen MR) is 117 cm³/mol. The number of anilines is 1. The van der Waals surface area contributed by atoms with Gasteiger partial charge in [-0.1, -0.05) is 25.1 Å². The Kier molecular flexibility index (Phi) is 4.50. The van der Waals surface area contributed by atoms with Crippen LogP contribution in [0.2, 0.25) is 0 Å². The van der Waals surface area contributed by atoms with Crippen LogP contribution < -0.4 is 9.64 Å². The van der Waals surface area contributed by atoms with Crippen molar-refractivity contribution in [1.29, 1.82) is 0 Å². The molecule has 5 rings (SSSR count). The van der Waals surface area contributed by atoms with E-state index in [2.05, 4.69) is 46.3 Å². The molecule has 2 aliphatic rings. The average Bonchev–Trinajstić information content (AvgIpc) is 3.24. The number of nitrogens with zero attached hydrogens (tertiary/aromatic N) is 3. The van der Waals surface area contributed by atoms with Crippen molar-refractivity contribution < 1.29 is 9.53 Å². The van der Waals surface area contributed by atoms with Crippen LogP contribution in [-0.4, -0.2) is 40.3 Å². The summed E-state index contributed by atoms with van der Waals surface area (Å²) in [4.78, 5) is 17.4. The summed E-state index contributed by atoms with van der Waals surface area (Å²) in [7, 11) is 1.67. The number of methoxy groups -OCH3 is 1. The number of amides is 2. The monoisotopic (exact) mass is 402 g/mol. The molecule has 3 aromatic rings. The zero-order valence-electron chi connectivity index (χ0n) is 17.4. The van der Waals surface area contributed by atoms with Crippen LogP contribution in [0.25, 0.3) is 11.1 Å². The first-order chi connectivity index (χ1) is 14.6. The number of aryl methyl sites for hydroxylation is 1. The number of carbonyl (C=O) groups excluding carboxylic acids is 1. The molecule has 2 fully saturated rings.